The van der Waals surface area contributed by atoms with E-state index in [1.807, 2.05) is 16.4 Å². The molecule has 1 saturated heterocycles. The number of aromatic nitrogens is 6. The summed E-state index contributed by atoms with van der Waals surface area (Å²) in [5.41, 5.74) is -0.0673. The Bertz CT molecular complexity index is 1300. The van der Waals surface area contributed by atoms with Crippen molar-refractivity contribution >= 4 is 17.1 Å². The molecule has 0 spiro atoms. The molecular weight excluding hydrogens is 450 g/mol. The number of rotatable bonds is 9. The fourth-order valence-corrected chi connectivity index (χ4v) is 4.75. The molecule has 1 N–H and O–H groups in total. The molecule has 1 amide bonds. The van der Waals surface area contributed by atoms with Crippen LogP contribution in [0, 0.1) is 12.8 Å². The summed E-state index contributed by atoms with van der Waals surface area (Å²) in [7, 11) is 0. The third-order valence-electron chi connectivity index (χ3n) is 6.48. The number of nitrogens with zero attached hydrogens (tertiary/aromatic N) is 6. The maximum absolute atomic E-state index is 13.1. The zero-order valence-corrected chi connectivity index (χ0v) is 21.0. The Morgan fingerprint density at radius 2 is 2.03 bits per heavy atom. The molecule has 190 valence electrons. The molecule has 0 bridgehead atoms. The van der Waals surface area contributed by atoms with E-state index in [1.165, 1.54) is 0 Å². The Morgan fingerprint density at radius 1 is 1.23 bits per heavy atom. The van der Waals surface area contributed by atoms with Gasteiger partial charge in [0.25, 0.3) is 5.56 Å². The molecule has 4 heterocycles. The highest BCUT2D eigenvalue weighted by Gasteiger charge is 2.28. The Morgan fingerprint density at radius 3 is 2.71 bits per heavy atom. The van der Waals surface area contributed by atoms with Crippen molar-refractivity contribution in [3.63, 3.8) is 0 Å². The van der Waals surface area contributed by atoms with E-state index >= 15 is 0 Å². The van der Waals surface area contributed by atoms with Crippen molar-refractivity contribution in [2.24, 2.45) is 5.92 Å². The van der Waals surface area contributed by atoms with Gasteiger partial charge in [-0.05, 0) is 32.1 Å². The van der Waals surface area contributed by atoms with Gasteiger partial charge >= 0.3 is 5.69 Å². The minimum atomic E-state index is -0.441. The number of amides is 1. The maximum Gasteiger partial charge on any atom is 0.330 e. The zero-order valence-electron chi connectivity index (χ0n) is 21.0. The molecule has 0 aromatic carbocycles. The third-order valence-corrected chi connectivity index (χ3v) is 6.48. The van der Waals surface area contributed by atoms with Gasteiger partial charge in [0.15, 0.2) is 17.0 Å². The highest BCUT2D eigenvalue weighted by Crippen LogP contribution is 2.26. The number of aromatic amines is 1. The largest absolute Gasteiger partial charge is 0.342 e. The summed E-state index contributed by atoms with van der Waals surface area (Å²) in [4.78, 5) is 51.8. The quantitative estimate of drug-likeness (QED) is 0.492. The second kappa shape index (κ2) is 10.6. The normalized spacial score (nSPS) is 16.5. The summed E-state index contributed by atoms with van der Waals surface area (Å²) in [5, 5.41) is 3.88. The number of imidazole rings is 1. The first-order valence-corrected chi connectivity index (χ1v) is 12.6. The van der Waals surface area contributed by atoms with Crippen molar-refractivity contribution in [2.75, 3.05) is 13.1 Å². The second-order valence-corrected chi connectivity index (χ2v) is 9.83. The molecule has 1 aliphatic rings. The minimum Gasteiger partial charge on any atom is -0.342 e. The van der Waals surface area contributed by atoms with Crippen LogP contribution >= 0.6 is 0 Å². The third kappa shape index (κ3) is 5.38. The molecule has 11 heteroatoms. The van der Waals surface area contributed by atoms with Gasteiger partial charge in [-0.3, -0.25) is 19.1 Å². The van der Waals surface area contributed by atoms with Crippen molar-refractivity contribution in [3.8, 4) is 0 Å². The lowest BCUT2D eigenvalue weighted by Gasteiger charge is -2.31. The molecule has 1 unspecified atom stereocenters. The average molecular weight is 486 g/mol. The molecule has 11 nitrogen and oxygen atoms in total. The molecule has 1 atom stereocenters. The standard InChI is InChI=1S/C24H35N7O4/c1-5-6-12-30-21-20(22(33)27-24(30)34)31(13-15(2)3)18(26-21)9-10-19(32)29-11-7-8-17(14-29)23-25-16(4)28-35-23/h15,17H,5-14H2,1-4H3,(H,27,33,34). The predicted molar refractivity (Wildman–Crippen MR) is 130 cm³/mol. The van der Waals surface area contributed by atoms with E-state index in [4.69, 9.17) is 9.51 Å². The smallest absolute Gasteiger partial charge is 0.330 e. The average Bonchev–Trinajstić information content (AvgIpc) is 3.41. The van der Waals surface area contributed by atoms with Crippen LogP contribution in [-0.2, 0) is 24.3 Å². The Balaban J connectivity index is 1.57. The first-order chi connectivity index (χ1) is 16.8. The number of likely N-dealkylation sites (tertiary alicyclic amines) is 1. The van der Waals surface area contributed by atoms with Crippen molar-refractivity contribution < 1.29 is 9.32 Å². The molecule has 0 aliphatic carbocycles. The highest BCUT2D eigenvalue weighted by atomic mass is 16.5. The fourth-order valence-electron chi connectivity index (χ4n) is 4.75. The van der Waals surface area contributed by atoms with Crippen LogP contribution in [0.3, 0.4) is 0 Å². The van der Waals surface area contributed by atoms with Crippen LogP contribution in [0.25, 0.3) is 11.2 Å². The second-order valence-electron chi connectivity index (χ2n) is 9.83. The minimum absolute atomic E-state index is 0.0337. The number of hydrogen-bond acceptors (Lipinski definition) is 7. The van der Waals surface area contributed by atoms with E-state index in [1.54, 1.807) is 11.5 Å². The van der Waals surface area contributed by atoms with E-state index in [-0.39, 0.29) is 24.2 Å². The summed E-state index contributed by atoms with van der Waals surface area (Å²) < 4.78 is 8.76. The van der Waals surface area contributed by atoms with Gasteiger partial charge < -0.3 is 14.0 Å². The van der Waals surface area contributed by atoms with Gasteiger partial charge in [0.2, 0.25) is 11.8 Å². The Labute approximate surface area is 203 Å². The number of nitrogens with one attached hydrogen (secondary N) is 1. The van der Waals surface area contributed by atoms with E-state index in [2.05, 4.69) is 29.0 Å². The van der Waals surface area contributed by atoms with Gasteiger partial charge in [-0.15, -0.1) is 0 Å². The molecule has 35 heavy (non-hydrogen) atoms. The van der Waals surface area contributed by atoms with Crippen LogP contribution in [-0.4, -0.2) is 53.1 Å². The van der Waals surface area contributed by atoms with Crippen LogP contribution in [0.15, 0.2) is 14.1 Å². The first-order valence-electron chi connectivity index (χ1n) is 12.6. The van der Waals surface area contributed by atoms with E-state index < -0.39 is 11.2 Å². The van der Waals surface area contributed by atoms with Crippen LogP contribution in [0.2, 0.25) is 0 Å². The Hall–Kier alpha value is -3.24. The van der Waals surface area contributed by atoms with Crippen molar-refractivity contribution in [3.05, 3.63) is 38.4 Å². The number of carbonyl (C=O) groups is 1. The lowest BCUT2D eigenvalue weighted by molar-refractivity contribution is -0.132. The van der Waals surface area contributed by atoms with Gasteiger partial charge in [0, 0.05) is 39.0 Å². The lowest BCUT2D eigenvalue weighted by atomic mass is 9.97. The molecule has 4 rings (SSSR count). The number of unbranched alkanes of at least 4 members (excludes halogenated alkanes) is 1. The van der Waals surface area contributed by atoms with Gasteiger partial charge in [-0.25, -0.2) is 9.78 Å². The van der Waals surface area contributed by atoms with Crippen LogP contribution < -0.4 is 11.2 Å². The molecule has 0 radical (unpaired) electrons. The van der Waals surface area contributed by atoms with Gasteiger partial charge in [0.05, 0.1) is 5.92 Å². The number of fused-ring (bicyclic) bond motifs is 1. The lowest BCUT2D eigenvalue weighted by Crippen LogP contribution is -2.39. The molecular formula is C24H35N7O4. The van der Waals surface area contributed by atoms with Gasteiger partial charge in [-0.2, -0.15) is 4.98 Å². The number of aryl methyl sites for hydroxylation is 3. The summed E-state index contributed by atoms with van der Waals surface area (Å²) in [6.07, 6.45) is 4.18. The number of carbonyl (C=O) groups excluding carboxylic acids is 1. The number of H-pyrrole nitrogens is 1. The summed E-state index contributed by atoms with van der Waals surface area (Å²) in [6.45, 7) is 10.3. The molecule has 1 fully saturated rings. The van der Waals surface area contributed by atoms with E-state index in [0.717, 1.165) is 25.7 Å². The SMILES string of the molecule is CCCCn1c(=O)[nH]c(=O)c2c1nc(CCC(=O)N1CCCC(c3nc(C)no3)C1)n2CC(C)C. The van der Waals surface area contributed by atoms with Crippen LogP contribution in [0.1, 0.15) is 76.3 Å². The predicted octanol–water partition coefficient (Wildman–Crippen LogP) is 2.37. The van der Waals surface area contributed by atoms with E-state index in [0.29, 0.717) is 61.3 Å². The zero-order chi connectivity index (χ0) is 25.1. The highest BCUT2D eigenvalue weighted by molar-refractivity contribution is 5.77. The van der Waals surface area contributed by atoms with E-state index in [9.17, 15) is 14.4 Å². The van der Waals surface area contributed by atoms with Crippen molar-refractivity contribution in [1.82, 2.24) is 34.1 Å². The van der Waals surface area contributed by atoms with Crippen molar-refractivity contribution in [2.45, 2.75) is 85.2 Å². The number of hydrogen-bond donors (Lipinski definition) is 1. The topological polar surface area (TPSA) is 132 Å². The summed E-state index contributed by atoms with van der Waals surface area (Å²) in [5.74, 6) is 2.18. The Kier molecular flexibility index (Phi) is 7.51. The van der Waals surface area contributed by atoms with Gasteiger partial charge in [-0.1, -0.05) is 32.3 Å². The molecule has 1 aliphatic heterocycles. The number of piperidine rings is 1. The molecule has 3 aromatic rings. The van der Waals surface area contributed by atoms with Crippen LogP contribution in [0.4, 0.5) is 0 Å². The first kappa shape index (κ1) is 24.9. The molecule has 0 saturated carbocycles. The summed E-state index contributed by atoms with van der Waals surface area (Å²) in [6, 6.07) is 0. The van der Waals surface area contributed by atoms with Gasteiger partial charge in [0.1, 0.15) is 5.82 Å². The maximum atomic E-state index is 13.1. The van der Waals surface area contributed by atoms with Crippen molar-refractivity contribution in [1.29, 1.82) is 0 Å². The monoisotopic (exact) mass is 485 g/mol. The van der Waals surface area contributed by atoms with Crippen LogP contribution in [0.5, 0.6) is 0 Å². The fraction of sp³-hybridized carbons (Fsp3) is 0.667. The summed E-state index contributed by atoms with van der Waals surface area (Å²) >= 11 is 0. The molecule has 3 aromatic heterocycles.